The van der Waals surface area contributed by atoms with Crippen LogP contribution in [0.5, 0.6) is 11.5 Å². The molecule has 0 bridgehead atoms. The second-order valence-corrected chi connectivity index (χ2v) is 10.7. The van der Waals surface area contributed by atoms with Crippen LogP contribution in [0.15, 0.2) is 115 Å². The third-order valence-corrected chi connectivity index (χ3v) is 6.86. The summed E-state index contributed by atoms with van der Waals surface area (Å²) >= 11 is 0. The fourth-order valence-corrected chi connectivity index (χ4v) is 4.22. The first kappa shape index (κ1) is 35.6. The molecule has 0 aliphatic heterocycles. The van der Waals surface area contributed by atoms with Crippen molar-refractivity contribution >= 4 is 49.9 Å². The van der Waals surface area contributed by atoms with Gasteiger partial charge >= 0.3 is 17.4 Å². The zero-order valence-electron chi connectivity index (χ0n) is 24.0. The van der Waals surface area contributed by atoms with E-state index < -0.39 is 37.0 Å². The van der Waals surface area contributed by atoms with Crippen molar-refractivity contribution in [1.82, 2.24) is 9.78 Å². The molecule has 17 nitrogen and oxygen atoms in total. The number of nitrogens with one attached hydrogen (secondary N) is 1. The van der Waals surface area contributed by atoms with Crippen LogP contribution < -0.4 is 27.2 Å². The smallest absolute Gasteiger partial charge is 0.871 e. The molecule has 0 saturated heterocycles. The maximum absolute atomic E-state index is 12.5. The van der Waals surface area contributed by atoms with E-state index in [4.69, 9.17) is 16.0 Å². The van der Waals surface area contributed by atoms with Gasteiger partial charge in [-0.1, -0.05) is 41.8 Å². The Hall–Kier alpha value is -5.87. The summed E-state index contributed by atoms with van der Waals surface area (Å²) in [4.78, 5) is 22.2. The number of rotatable bonds is 7. The van der Waals surface area contributed by atoms with E-state index in [9.17, 15) is 33.5 Å². The van der Waals surface area contributed by atoms with Gasteiger partial charge in [0.05, 0.1) is 38.3 Å². The molecule has 1 radical (unpaired) electrons. The minimum Gasteiger partial charge on any atom is -0.871 e. The molecule has 47 heavy (non-hydrogen) atoms. The van der Waals surface area contributed by atoms with Gasteiger partial charge in [0.25, 0.3) is 21.4 Å². The van der Waals surface area contributed by atoms with E-state index in [-0.39, 0.29) is 51.5 Å². The van der Waals surface area contributed by atoms with Crippen LogP contribution in [0.1, 0.15) is 5.69 Å². The minimum absolute atomic E-state index is 0. The first-order valence-electron chi connectivity index (χ1n) is 12.8. The van der Waals surface area contributed by atoms with Gasteiger partial charge in [0.2, 0.25) is 0 Å². The molecule has 4 aromatic carbocycles. The zero-order chi connectivity index (χ0) is 33.6. The van der Waals surface area contributed by atoms with E-state index in [0.717, 1.165) is 36.4 Å². The number of nitrogen functional groups attached to an aromatic ring is 2. The topological polar surface area (TPSA) is 283 Å². The summed E-state index contributed by atoms with van der Waals surface area (Å²) in [5, 5.41) is 51.9. The predicted octanol–water partition coefficient (Wildman–Crippen LogP) is 4.46. The standard InChI is InChI=1S/C16H13N5O4.C12H12N4O4S.Cr/c1-10-15(16(23)20(19-10)11-5-3-2-4-6-11)18-17-13-9-12(21(24)25)7-8-14(13)22;13-7-1-3-10(9(14)5-7)15-16-11-6-8(21(18,19)20)2-4-12(11)17;/h2-9,19,22H,1H3;1-6,17H,13-14H2,(H,18,19,20);/q;;+3/p-2. The SMILES string of the molecule is Cc1[nH]n(-c2ccccc2)c(=O)c1N=Nc1cc([N+](=O)[O-])ccc1[O-].Nc1ccc(N=Nc2cc(S(=O)(=O)O)ccc2[O-])c(N)c1.[Cr+3]. The largest absolute Gasteiger partial charge is 3.00 e. The Morgan fingerprint density at radius 3 is 2.04 bits per heavy atom. The molecular weight excluding hydrogens is 674 g/mol. The van der Waals surface area contributed by atoms with Gasteiger partial charge < -0.3 is 21.7 Å². The van der Waals surface area contributed by atoms with Crippen molar-refractivity contribution < 1.29 is 45.5 Å². The number of azo groups is 2. The Labute approximate surface area is 276 Å². The Balaban J connectivity index is 0.000000254. The van der Waals surface area contributed by atoms with Crippen LogP contribution in [0, 0.1) is 17.0 Å². The van der Waals surface area contributed by atoms with Gasteiger partial charge in [-0.05, 0) is 49.4 Å². The number of benzene rings is 4. The van der Waals surface area contributed by atoms with Gasteiger partial charge in [0.1, 0.15) is 5.69 Å². The first-order chi connectivity index (χ1) is 21.7. The van der Waals surface area contributed by atoms with Crippen molar-refractivity contribution in [3.8, 4) is 17.2 Å². The van der Waals surface area contributed by atoms with Crippen LogP contribution in [0.25, 0.3) is 5.69 Å². The summed E-state index contributed by atoms with van der Waals surface area (Å²) in [6, 6.07) is 19.4. The number of aromatic amines is 1. The monoisotopic (exact) mass is 697 g/mol. The molecule has 0 amide bonds. The second-order valence-electron chi connectivity index (χ2n) is 9.29. The van der Waals surface area contributed by atoms with E-state index in [1.165, 1.54) is 16.8 Å². The molecule has 5 aromatic rings. The average molecular weight is 698 g/mol. The molecule has 1 aromatic heterocycles. The van der Waals surface area contributed by atoms with Crippen molar-refractivity contribution in [2.24, 2.45) is 20.5 Å². The number of aromatic nitrogens is 2. The number of nitro groups is 1. The summed E-state index contributed by atoms with van der Waals surface area (Å²) in [6.07, 6.45) is 0. The number of aryl methyl sites for hydroxylation is 1. The molecule has 239 valence electrons. The van der Waals surface area contributed by atoms with Crippen molar-refractivity contribution in [3.05, 3.63) is 111 Å². The van der Waals surface area contributed by atoms with E-state index in [1.54, 1.807) is 37.3 Å². The number of H-pyrrole nitrogens is 1. The van der Waals surface area contributed by atoms with Gasteiger partial charge in [-0.3, -0.25) is 24.6 Å². The summed E-state index contributed by atoms with van der Waals surface area (Å²) in [6.45, 7) is 1.64. The number of anilines is 2. The van der Waals surface area contributed by atoms with E-state index in [0.29, 0.717) is 17.1 Å². The number of nitrogens with zero attached hydrogens (tertiary/aromatic N) is 6. The number of para-hydroxylation sites is 1. The molecule has 0 atom stereocenters. The molecule has 0 spiro atoms. The van der Waals surface area contributed by atoms with Crippen LogP contribution in [0.3, 0.4) is 0 Å². The third kappa shape index (κ3) is 8.87. The molecule has 0 aliphatic carbocycles. The number of non-ortho nitro benzene ring substituents is 1. The van der Waals surface area contributed by atoms with Crippen molar-refractivity contribution in [3.63, 3.8) is 0 Å². The normalized spacial score (nSPS) is 11.2. The predicted molar refractivity (Wildman–Crippen MR) is 163 cm³/mol. The van der Waals surface area contributed by atoms with Gasteiger partial charge in [0, 0.05) is 17.8 Å². The molecule has 19 heteroatoms. The zero-order valence-corrected chi connectivity index (χ0v) is 26.1. The molecule has 5 rings (SSSR count). The van der Waals surface area contributed by atoms with Gasteiger partial charge in [-0.15, -0.1) is 10.2 Å². The Morgan fingerprint density at radius 1 is 0.830 bits per heavy atom. The molecule has 0 fully saturated rings. The number of hydrogen-bond donors (Lipinski definition) is 4. The van der Waals surface area contributed by atoms with Crippen LogP contribution in [-0.2, 0) is 27.5 Å². The third-order valence-electron chi connectivity index (χ3n) is 6.01. The summed E-state index contributed by atoms with van der Waals surface area (Å²) in [7, 11) is -4.42. The molecule has 6 N–H and O–H groups in total. The van der Waals surface area contributed by atoms with E-state index in [2.05, 4.69) is 25.6 Å². The molecule has 0 saturated carbocycles. The van der Waals surface area contributed by atoms with E-state index in [1.807, 2.05) is 6.07 Å². The quantitative estimate of drug-likeness (QED) is 0.0609. The van der Waals surface area contributed by atoms with Gasteiger partial charge in [-0.25, -0.2) is 4.68 Å². The molecular formula is C28H23CrN9O8S+. The molecule has 0 unspecified atom stereocenters. The summed E-state index contributed by atoms with van der Waals surface area (Å²) in [5.41, 5.74) is 12.1. The Kier molecular flexibility index (Phi) is 11.3. The fourth-order valence-electron chi connectivity index (χ4n) is 3.72. The minimum atomic E-state index is -4.42. The Morgan fingerprint density at radius 2 is 1.43 bits per heavy atom. The molecule has 0 aliphatic rings. The maximum atomic E-state index is 12.5. The van der Waals surface area contributed by atoms with Crippen LogP contribution in [0.4, 0.5) is 39.8 Å². The Bertz CT molecular complexity index is 2150. The number of nitrogens with two attached hydrogens (primary N) is 2. The van der Waals surface area contributed by atoms with Gasteiger partial charge in [-0.2, -0.15) is 18.6 Å². The van der Waals surface area contributed by atoms with E-state index >= 15 is 0 Å². The fraction of sp³-hybridized carbons (Fsp3) is 0.0357. The van der Waals surface area contributed by atoms with Crippen molar-refractivity contribution in [1.29, 1.82) is 0 Å². The first-order valence-corrected chi connectivity index (χ1v) is 14.3. The molecule has 1 heterocycles. The maximum Gasteiger partial charge on any atom is 3.00 e. The van der Waals surface area contributed by atoms with Crippen molar-refractivity contribution in [2.75, 3.05) is 11.5 Å². The second kappa shape index (κ2) is 14.9. The summed E-state index contributed by atoms with van der Waals surface area (Å²) < 4.78 is 32.2. The van der Waals surface area contributed by atoms with Crippen molar-refractivity contribution in [2.45, 2.75) is 11.8 Å². The number of nitro benzene ring substituents is 1. The van der Waals surface area contributed by atoms with Crippen LogP contribution >= 0.6 is 0 Å². The average Bonchev–Trinajstić information content (AvgIpc) is 3.29. The van der Waals surface area contributed by atoms with Gasteiger partial charge in [0.15, 0.2) is 5.69 Å². The van der Waals surface area contributed by atoms with Crippen LogP contribution in [0.2, 0.25) is 0 Å². The number of hydrogen-bond acceptors (Lipinski definition) is 13. The summed E-state index contributed by atoms with van der Waals surface area (Å²) in [5.74, 6) is -1.06. The van der Waals surface area contributed by atoms with Crippen LogP contribution in [-0.4, -0.2) is 27.7 Å².